The van der Waals surface area contributed by atoms with Crippen LogP contribution in [0.5, 0.6) is 0 Å². The zero-order valence-electron chi connectivity index (χ0n) is 18.2. The van der Waals surface area contributed by atoms with Crippen LogP contribution >= 0.6 is 0 Å². The smallest absolute Gasteiger partial charge is 0.253 e. The Bertz CT molecular complexity index is 911. The minimum atomic E-state index is -3.63. The minimum Gasteiger partial charge on any atom is -0.373 e. The summed E-state index contributed by atoms with van der Waals surface area (Å²) in [5, 5.41) is 0. The van der Waals surface area contributed by atoms with Crippen molar-refractivity contribution < 1.29 is 22.7 Å². The van der Waals surface area contributed by atoms with E-state index in [-0.39, 0.29) is 34.8 Å². The van der Waals surface area contributed by atoms with Crippen LogP contribution in [0.2, 0.25) is 0 Å². The zero-order valence-corrected chi connectivity index (χ0v) is 19.0. The molecule has 0 aromatic heterocycles. The van der Waals surface area contributed by atoms with E-state index in [0.717, 1.165) is 19.3 Å². The summed E-state index contributed by atoms with van der Waals surface area (Å²) in [6.07, 6.45) is 2.78. The molecule has 0 bridgehead atoms. The van der Waals surface area contributed by atoms with E-state index in [2.05, 4.69) is 0 Å². The lowest BCUT2D eigenvalue weighted by Crippen LogP contribution is -2.52. The predicted octanol–water partition coefficient (Wildman–Crippen LogP) is 1.57. The Labute approximate surface area is 184 Å². The molecule has 0 radical (unpaired) electrons. The van der Waals surface area contributed by atoms with Crippen LogP contribution in [-0.2, 0) is 19.6 Å². The van der Waals surface area contributed by atoms with Gasteiger partial charge in [-0.15, -0.1) is 0 Å². The highest BCUT2D eigenvalue weighted by atomic mass is 32.2. The topological polar surface area (TPSA) is 87.2 Å². The molecule has 9 heteroatoms. The molecule has 2 unspecified atom stereocenters. The Balaban J connectivity index is 1.38. The standard InChI is InChI=1S/C22H31N3O5S/c1-16-14-25(15-17(2)30-16)31(28,29)20-8-6-19(7-9-20)22(27)24-12-10-23(11-13-24)21(26)18-4-3-5-18/h6-9,16-18H,3-5,10-15H2,1-2H3. The fourth-order valence-corrected chi connectivity index (χ4v) is 6.06. The maximum absolute atomic E-state index is 13.0. The predicted molar refractivity (Wildman–Crippen MR) is 115 cm³/mol. The fourth-order valence-electron chi connectivity index (χ4n) is 4.47. The molecular weight excluding hydrogens is 418 g/mol. The maximum Gasteiger partial charge on any atom is 0.253 e. The van der Waals surface area contributed by atoms with Crippen molar-refractivity contribution >= 4 is 21.8 Å². The van der Waals surface area contributed by atoms with Crippen LogP contribution in [0, 0.1) is 5.92 Å². The molecule has 1 aromatic rings. The number of amides is 2. The van der Waals surface area contributed by atoms with Crippen LogP contribution in [0.25, 0.3) is 0 Å². The summed E-state index contributed by atoms with van der Waals surface area (Å²) in [5.74, 6) is 0.266. The molecule has 2 heterocycles. The Morgan fingerprint density at radius 3 is 1.97 bits per heavy atom. The highest BCUT2D eigenvalue weighted by Crippen LogP contribution is 2.28. The number of morpholine rings is 1. The van der Waals surface area contributed by atoms with E-state index in [4.69, 9.17) is 4.74 Å². The molecule has 4 rings (SSSR count). The minimum absolute atomic E-state index is 0.131. The van der Waals surface area contributed by atoms with Gasteiger partial charge in [-0.3, -0.25) is 9.59 Å². The van der Waals surface area contributed by atoms with Gasteiger partial charge in [-0.25, -0.2) is 8.42 Å². The summed E-state index contributed by atoms with van der Waals surface area (Å²) in [6.45, 7) is 6.47. The lowest BCUT2D eigenvalue weighted by atomic mass is 9.84. The summed E-state index contributed by atoms with van der Waals surface area (Å²) in [6, 6.07) is 6.16. The van der Waals surface area contributed by atoms with Crippen LogP contribution < -0.4 is 0 Å². The Kier molecular flexibility index (Phi) is 6.37. The first kappa shape index (κ1) is 22.2. The van der Waals surface area contributed by atoms with Crippen LogP contribution in [-0.4, -0.2) is 85.8 Å². The van der Waals surface area contributed by atoms with Gasteiger partial charge < -0.3 is 14.5 Å². The second-order valence-corrected chi connectivity index (χ2v) is 10.8. The van der Waals surface area contributed by atoms with Gasteiger partial charge >= 0.3 is 0 Å². The van der Waals surface area contributed by atoms with E-state index in [1.807, 2.05) is 18.7 Å². The van der Waals surface area contributed by atoms with Gasteiger partial charge in [-0.05, 0) is 51.0 Å². The molecule has 0 N–H and O–H groups in total. The van der Waals surface area contributed by atoms with Crippen LogP contribution in [0.15, 0.2) is 29.2 Å². The second kappa shape index (κ2) is 8.88. The Morgan fingerprint density at radius 2 is 1.45 bits per heavy atom. The van der Waals surface area contributed by atoms with Crippen LogP contribution in [0.1, 0.15) is 43.5 Å². The molecule has 2 aliphatic heterocycles. The summed E-state index contributed by atoms with van der Waals surface area (Å²) in [4.78, 5) is 29.0. The van der Waals surface area contributed by atoms with Crippen molar-refractivity contribution in [3.8, 4) is 0 Å². The van der Waals surface area contributed by atoms with E-state index in [1.54, 1.807) is 17.0 Å². The van der Waals surface area contributed by atoms with Crippen LogP contribution in [0.3, 0.4) is 0 Å². The number of hydrogen-bond acceptors (Lipinski definition) is 5. The Morgan fingerprint density at radius 1 is 0.903 bits per heavy atom. The lowest BCUT2D eigenvalue weighted by molar-refractivity contribution is -0.139. The molecule has 1 aliphatic carbocycles. The monoisotopic (exact) mass is 449 g/mol. The SMILES string of the molecule is CC1CN(S(=O)(=O)c2ccc(C(=O)N3CCN(C(=O)C4CCC4)CC3)cc2)CC(C)O1. The van der Waals surface area contributed by atoms with Gasteiger partial charge in [0, 0.05) is 50.7 Å². The molecule has 2 atom stereocenters. The van der Waals surface area contributed by atoms with Gasteiger partial charge in [-0.2, -0.15) is 4.31 Å². The summed E-state index contributed by atoms with van der Waals surface area (Å²) >= 11 is 0. The first-order valence-corrected chi connectivity index (χ1v) is 12.5. The van der Waals surface area contributed by atoms with Gasteiger partial charge in [0.25, 0.3) is 5.91 Å². The number of hydrogen-bond donors (Lipinski definition) is 0. The fraction of sp³-hybridized carbons (Fsp3) is 0.636. The average Bonchev–Trinajstić information content (AvgIpc) is 2.71. The highest BCUT2D eigenvalue weighted by Gasteiger charge is 2.34. The van der Waals surface area contributed by atoms with E-state index >= 15 is 0 Å². The lowest BCUT2D eigenvalue weighted by Gasteiger charge is -2.38. The number of ether oxygens (including phenoxy) is 1. The zero-order chi connectivity index (χ0) is 22.2. The third kappa shape index (κ3) is 4.63. The van der Waals surface area contributed by atoms with Crippen molar-refractivity contribution in [2.75, 3.05) is 39.3 Å². The first-order chi connectivity index (χ1) is 14.8. The van der Waals surface area contributed by atoms with Crippen molar-refractivity contribution in [2.45, 2.75) is 50.2 Å². The van der Waals surface area contributed by atoms with E-state index < -0.39 is 10.0 Å². The molecule has 1 aromatic carbocycles. The average molecular weight is 450 g/mol. The van der Waals surface area contributed by atoms with Gasteiger partial charge in [0.05, 0.1) is 17.1 Å². The van der Waals surface area contributed by atoms with E-state index in [1.165, 1.54) is 16.4 Å². The normalized spacial score (nSPS) is 25.9. The van der Waals surface area contributed by atoms with E-state index in [0.29, 0.717) is 44.8 Å². The molecule has 3 aliphatic rings. The summed E-state index contributed by atoms with van der Waals surface area (Å²) in [7, 11) is -3.63. The van der Waals surface area contributed by atoms with Crippen molar-refractivity contribution in [3.63, 3.8) is 0 Å². The molecule has 2 saturated heterocycles. The molecule has 8 nitrogen and oxygen atoms in total. The number of piperazine rings is 1. The summed E-state index contributed by atoms with van der Waals surface area (Å²) in [5.41, 5.74) is 0.460. The highest BCUT2D eigenvalue weighted by molar-refractivity contribution is 7.89. The van der Waals surface area contributed by atoms with Crippen LogP contribution in [0.4, 0.5) is 0 Å². The first-order valence-electron chi connectivity index (χ1n) is 11.1. The number of carbonyl (C=O) groups excluding carboxylic acids is 2. The third-order valence-corrected chi connectivity index (χ3v) is 8.30. The van der Waals surface area contributed by atoms with Gasteiger partial charge in [-0.1, -0.05) is 6.42 Å². The van der Waals surface area contributed by atoms with Gasteiger partial charge in [0.1, 0.15) is 0 Å². The quantitative estimate of drug-likeness (QED) is 0.696. The molecule has 170 valence electrons. The number of sulfonamides is 1. The largest absolute Gasteiger partial charge is 0.373 e. The molecule has 3 fully saturated rings. The van der Waals surface area contributed by atoms with Gasteiger partial charge in [0.2, 0.25) is 15.9 Å². The van der Waals surface area contributed by atoms with Crippen molar-refractivity contribution in [1.29, 1.82) is 0 Å². The number of carbonyl (C=O) groups is 2. The molecule has 31 heavy (non-hydrogen) atoms. The molecule has 1 saturated carbocycles. The molecular formula is C22H31N3O5S. The number of nitrogens with zero attached hydrogens (tertiary/aromatic N) is 3. The van der Waals surface area contributed by atoms with Crippen molar-refractivity contribution in [3.05, 3.63) is 29.8 Å². The Hall–Kier alpha value is -1.97. The number of benzene rings is 1. The van der Waals surface area contributed by atoms with Crippen molar-refractivity contribution in [1.82, 2.24) is 14.1 Å². The molecule has 2 amide bonds. The second-order valence-electron chi connectivity index (χ2n) is 8.85. The number of rotatable bonds is 4. The maximum atomic E-state index is 13.0. The third-order valence-electron chi connectivity index (χ3n) is 6.46. The molecule has 0 spiro atoms. The van der Waals surface area contributed by atoms with E-state index in [9.17, 15) is 18.0 Å². The summed E-state index contributed by atoms with van der Waals surface area (Å²) < 4.78 is 33.0. The van der Waals surface area contributed by atoms with Gasteiger partial charge in [0.15, 0.2) is 0 Å². The van der Waals surface area contributed by atoms with Crippen molar-refractivity contribution in [2.24, 2.45) is 5.92 Å².